The maximum atomic E-state index is 13.6. The topological polar surface area (TPSA) is 62.3 Å². The van der Waals surface area contributed by atoms with Gasteiger partial charge in [0.1, 0.15) is 0 Å². The number of nitrogens with one attached hydrogen (secondary N) is 1. The van der Waals surface area contributed by atoms with Crippen molar-refractivity contribution in [2.24, 2.45) is 11.3 Å². The number of carbonyl (C=O) groups excluding carboxylic acids is 2. The summed E-state index contributed by atoms with van der Waals surface area (Å²) in [6.07, 6.45) is 12.8. The lowest BCUT2D eigenvalue weighted by Crippen LogP contribution is -2.56. The van der Waals surface area contributed by atoms with E-state index in [0.717, 1.165) is 55.3 Å². The Morgan fingerprint density at radius 2 is 1.97 bits per heavy atom. The fourth-order valence-corrected chi connectivity index (χ4v) is 5.22. The molecule has 174 valence electrons. The molecule has 1 saturated heterocycles. The fourth-order valence-electron chi connectivity index (χ4n) is 5.22. The number of hydrogen-bond donors (Lipinski definition) is 1. The maximum Gasteiger partial charge on any atom is 0.228 e. The Bertz CT molecular complexity index is 1000. The van der Waals surface area contributed by atoms with Gasteiger partial charge >= 0.3 is 0 Å². The molecule has 2 heterocycles. The lowest BCUT2D eigenvalue weighted by Gasteiger charge is -2.43. The number of hydrogen-bond acceptors (Lipinski definition) is 3. The van der Waals surface area contributed by atoms with Gasteiger partial charge in [-0.15, -0.1) is 0 Å². The number of likely N-dealkylation sites (tertiary alicyclic amines) is 1. The van der Waals surface area contributed by atoms with E-state index in [0.29, 0.717) is 13.0 Å². The second-order valence-electron chi connectivity index (χ2n) is 9.87. The van der Waals surface area contributed by atoms with E-state index in [1.807, 2.05) is 30.9 Å². The number of nitrogens with zero attached hydrogens (tertiary/aromatic N) is 2. The third kappa shape index (κ3) is 5.52. The molecule has 1 aromatic heterocycles. The highest BCUT2D eigenvalue weighted by Crippen LogP contribution is 2.36. The Balaban J connectivity index is 1.60. The third-order valence-electron chi connectivity index (χ3n) is 6.89. The van der Waals surface area contributed by atoms with Crippen LogP contribution in [-0.2, 0) is 16.0 Å². The number of aromatic nitrogens is 1. The second-order valence-corrected chi connectivity index (χ2v) is 9.87. The van der Waals surface area contributed by atoms with Crippen LogP contribution in [0.4, 0.5) is 0 Å². The van der Waals surface area contributed by atoms with Crippen molar-refractivity contribution in [3.05, 3.63) is 66.5 Å². The van der Waals surface area contributed by atoms with Crippen molar-refractivity contribution in [3.8, 4) is 11.1 Å². The zero-order valence-electron chi connectivity index (χ0n) is 19.8. The van der Waals surface area contributed by atoms with Gasteiger partial charge in [-0.3, -0.25) is 14.6 Å². The molecule has 2 amide bonds. The maximum absolute atomic E-state index is 13.6. The van der Waals surface area contributed by atoms with Crippen LogP contribution in [0, 0.1) is 11.3 Å². The van der Waals surface area contributed by atoms with Gasteiger partial charge in [-0.25, -0.2) is 0 Å². The van der Waals surface area contributed by atoms with Gasteiger partial charge in [0.15, 0.2) is 0 Å². The minimum Gasteiger partial charge on any atom is -0.353 e. The highest BCUT2D eigenvalue weighted by Gasteiger charge is 2.44. The second kappa shape index (κ2) is 10.3. The van der Waals surface area contributed by atoms with Gasteiger partial charge in [0, 0.05) is 37.4 Å². The lowest BCUT2D eigenvalue weighted by atomic mass is 9.73. The summed E-state index contributed by atoms with van der Waals surface area (Å²) in [6.45, 7) is 5.22. The van der Waals surface area contributed by atoms with E-state index in [-0.39, 0.29) is 23.8 Å². The SMILES string of the molecule is CC(C)NC(=O)[C@]1(Cc2cccc(-c3ccncc3)c2)CCCN(C(=O)[C@H]2CC=CCC2)C1. The van der Waals surface area contributed by atoms with Crippen molar-refractivity contribution in [2.75, 3.05) is 13.1 Å². The van der Waals surface area contributed by atoms with Crippen molar-refractivity contribution in [1.29, 1.82) is 0 Å². The Labute approximate surface area is 197 Å². The highest BCUT2D eigenvalue weighted by molar-refractivity contribution is 5.86. The molecule has 1 fully saturated rings. The van der Waals surface area contributed by atoms with E-state index in [4.69, 9.17) is 0 Å². The molecule has 0 radical (unpaired) electrons. The largest absolute Gasteiger partial charge is 0.353 e. The molecule has 0 bridgehead atoms. The molecular formula is C28H35N3O2. The molecule has 1 N–H and O–H groups in total. The smallest absolute Gasteiger partial charge is 0.228 e. The van der Waals surface area contributed by atoms with Crippen molar-refractivity contribution >= 4 is 11.8 Å². The summed E-state index contributed by atoms with van der Waals surface area (Å²) in [5, 5.41) is 3.16. The third-order valence-corrected chi connectivity index (χ3v) is 6.89. The normalized spacial score (nSPS) is 22.9. The summed E-state index contributed by atoms with van der Waals surface area (Å²) in [7, 11) is 0. The first-order valence-corrected chi connectivity index (χ1v) is 12.2. The molecule has 1 aliphatic carbocycles. The van der Waals surface area contributed by atoms with E-state index in [2.05, 4.69) is 46.7 Å². The zero-order chi connectivity index (χ0) is 23.3. The van der Waals surface area contributed by atoms with E-state index >= 15 is 0 Å². The fraction of sp³-hybridized carbons (Fsp3) is 0.464. The van der Waals surface area contributed by atoms with Gasteiger partial charge in [-0.2, -0.15) is 0 Å². The molecule has 0 unspecified atom stereocenters. The molecule has 2 aliphatic rings. The van der Waals surface area contributed by atoms with Crippen LogP contribution in [0.25, 0.3) is 11.1 Å². The van der Waals surface area contributed by atoms with Gasteiger partial charge in [0.25, 0.3) is 0 Å². The van der Waals surface area contributed by atoms with Crippen molar-refractivity contribution in [1.82, 2.24) is 15.2 Å². The number of pyridine rings is 1. The van der Waals surface area contributed by atoms with Gasteiger partial charge in [0.2, 0.25) is 11.8 Å². The monoisotopic (exact) mass is 445 g/mol. The minimum atomic E-state index is -0.612. The summed E-state index contributed by atoms with van der Waals surface area (Å²) in [6, 6.07) is 12.5. The molecule has 1 aliphatic heterocycles. The summed E-state index contributed by atoms with van der Waals surface area (Å²) in [4.78, 5) is 33.0. The average molecular weight is 446 g/mol. The molecule has 2 aromatic rings. The van der Waals surface area contributed by atoms with Crippen molar-refractivity contribution in [2.45, 2.75) is 58.4 Å². The average Bonchev–Trinajstić information content (AvgIpc) is 2.84. The summed E-state index contributed by atoms with van der Waals surface area (Å²) < 4.78 is 0. The predicted molar refractivity (Wildman–Crippen MR) is 131 cm³/mol. The summed E-state index contributed by atoms with van der Waals surface area (Å²) in [5.41, 5.74) is 2.74. The van der Waals surface area contributed by atoms with E-state index in [1.165, 1.54) is 0 Å². The molecule has 1 aromatic carbocycles. The molecule has 0 spiro atoms. The minimum absolute atomic E-state index is 0.0500. The van der Waals surface area contributed by atoms with Crippen LogP contribution in [0.3, 0.4) is 0 Å². The molecule has 2 atom stereocenters. The van der Waals surface area contributed by atoms with Gasteiger partial charge in [-0.05, 0) is 81.2 Å². The first-order chi connectivity index (χ1) is 16.0. The van der Waals surface area contributed by atoms with Crippen LogP contribution in [0.2, 0.25) is 0 Å². The standard InChI is InChI=1S/C28H35N3O2/c1-21(2)30-27(33)28(14-7-17-31(20-28)26(32)24-9-4-3-5-10-24)19-22-8-6-11-25(18-22)23-12-15-29-16-13-23/h3-4,6,8,11-13,15-16,18,21,24H,5,7,9-10,14,17,19-20H2,1-2H3,(H,30,33)/t24-,28-/m0/s1. The summed E-state index contributed by atoms with van der Waals surface area (Å²) >= 11 is 0. The molecule has 4 rings (SSSR count). The van der Waals surface area contributed by atoms with Crippen LogP contribution in [0.15, 0.2) is 60.9 Å². The Kier molecular flexibility index (Phi) is 7.26. The molecule has 5 heteroatoms. The Morgan fingerprint density at radius 1 is 1.15 bits per heavy atom. The first-order valence-electron chi connectivity index (χ1n) is 12.2. The highest BCUT2D eigenvalue weighted by atomic mass is 16.2. The van der Waals surface area contributed by atoms with Crippen LogP contribution in [0.5, 0.6) is 0 Å². The number of carbonyl (C=O) groups is 2. The van der Waals surface area contributed by atoms with Gasteiger partial charge < -0.3 is 10.2 Å². The number of allylic oxidation sites excluding steroid dienone is 2. The Hall–Kier alpha value is -2.95. The number of benzene rings is 1. The first kappa shape index (κ1) is 23.2. The van der Waals surface area contributed by atoms with Crippen molar-refractivity contribution < 1.29 is 9.59 Å². The molecular weight excluding hydrogens is 410 g/mol. The van der Waals surface area contributed by atoms with Crippen molar-refractivity contribution in [3.63, 3.8) is 0 Å². The van der Waals surface area contributed by atoms with Gasteiger partial charge in [0.05, 0.1) is 5.41 Å². The molecule has 5 nitrogen and oxygen atoms in total. The zero-order valence-corrected chi connectivity index (χ0v) is 19.8. The van der Waals surface area contributed by atoms with Gasteiger partial charge in [-0.1, -0.05) is 36.4 Å². The quantitative estimate of drug-likeness (QED) is 0.651. The van der Waals surface area contributed by atoms with E-state index < -0.39 is 5.41 Å². The van der Waals surface area contributed by atoms with E-state index in [9.17, 15) is 9.59 Å². The Morgan fingerprint density at radius 3 is 2.70 bits per heavy atom. The number of amides is 2. The summed E-state index contributed by atoms with van der Waals surface area (Å²) in [5.74, 6) is 0.327. The molecule has 33 heavy (non-hydrogen) atoms. The predicted octanol–water partition coefficient (Wildman–Crippen LogP) is 4.78. The van der Waals surface area contributed by atoms with Crippen LogP contribution >= 0.6 is 0 Å². The molecule has 0 saturated carbocycles. The van der Waals surface area contributed by atoms with Crippen LogP contribution < -0.4 is 5.32 Å². The number of piperidine rings is 1. The van der Waals surface area contributed by atoms with Crippen LogP contribution in [0.1, 0.15) is 51.5 Å². The van der Waals surface area contributed by atoms with Crippen LogP contribution in [-0.4, -0.2) is 40.8 Å². The number of rotatable bonds is 6. The van der Waals surface area contributed by atoms with E-state index in [1.54, 1.807) is 12.4 Å². The lowest BCUT2D eigenvalue weighted by molar-refractivity contribution is -0.144.